The van der Waals surface area contributed by atoms with E-state index >= 15 is 0 Å². The van der Waals surface area contributed by atoms with Crippen molar-refractivity contribution >= 4 is 17.6 Å². The number of hydrogen-bond donors (Lipinski definition) is 2. The number of nitriles is 1. The van der Waals surface area contributed by atoms with E-state index in [1.165, 1.54) is 12.3 Å². The third kappa shape index (κ3) is 6.76. The van der Waals surface area contributed by atoms with Crippen molar-refractivity contribution < 1.29 is 14.3 Å². The van der Waals surface area contributed by atoms with E-state index < -0.39 is 0 Å². The molecule has 2 aromatic rings. The Bertz CT molecular complexity index is 828. The maximum atomic E-state index is 12.2. The molecule has 1 aromatic carbocycles. The number of nitrogens with one attached hydrogen (secondary N) is 1. The van der Waals surface area contributed by atoms with Crippen LogP contribution in [0, 0.1) is 11.3 Å². The summed E-state index contributed by atoms with van der Waals surface area (Å²) in [5.41, 5.74) is 7.81. The van der Waals surface area contributed by atoms with E-state index in [2.05, 4.69) is 15.3 Å². The molecule has 0 aliphatic heterocycles. The Morgan fingerprint density at radius 3 is 2.89 bits per heavy atom. The van der Waals surface area contributed by atoms with Crippen molar-refractivity contribution in [1.82, 2.24) is 4.98 Å². The van der Waals surface area contributed by atoms with Gasteiger partial charge in [-0.25, -0.2) is 9.98 Å². The van der Waals surface area contributed by atoms with Gasteiger partial charge in [-0.05, 0) is 29.8 Å². The highest BCUT2D eigenvalue weighted by molar-refractivity contribution is 6.02. The highest BCUT2D eigenvalue weighted by Crippen LogP contribution is 2.13. The lowest BCUT2D eigenvalue weighted by Crippen LogP contribution is -2.18. The summed E-state index contributed by atoms with van der Waals surface area (Å²) in [7, 11) is 1.63. The Kier molecular flexibility index (Phi) is 7.75. The molecule has 0 aliphatic carbocycles. The summed E-state index contributed by atoms with van der Waals surface area (Å²) < 4.78 is 10.2. The standard InChI is InChI=1S/C19H21N5O3/c1-26-8-3-9-27-19(21)23-12-14-4-2-5-16(10-14)24-18(25)17-7-6-15(11-20)13-22-17/h2,4-7,10,13H,3,8-9,12H2,1H3,(H2,21,23)(H,24,25). The van der Waals surface area contributed by atoms with Crippen molar-refractivity contribution in [2.75, 3.05) is 25.6 Å². The molecule has 27 heavy (non-hydrogen) atoms. The summed E-state index contributed by atoms with van der Waals surface area (Å²) in [5.74, 6) is -0.360. The summed E-state index contributed by atoms with van der Waals surface area (Å²) in [6.45, 7) is 1.37. The molecular weight excluding hydrogens is 346 g/mol. The topological polar surface area (TPSA) is 123 Å². The molecule has 1 amide bonds. The number of methoxy groups -OCH3 is 1. The second-order valence-electron chi connectivity index (χ2n) is 5.55. The van der Waals surface area contributed by atoms with Gasteiger partial charge in [-0.15, -0.1) is 0 Å². The molecule has 8 heteroatoms. The van der Waals surface area contributed by atoms with E-state index in [1.807, 2.05) is 18.2 Å². The number of pyridine rings is 1. The zero-order valence-electron chi connectivity index (χ0n) is 15.0. The SMILES string of the molecule is COCCCOC(N)=NCc1cccc(NC(=O)c2ccc(C#N)cn2)c1. The van der Waals surface area contributed by atoms with Crippen molar-refractivity contribution in [3.05, 3.63) is 59.4 Å². The molecule has 3 N–H and O–H groups in total. The predicted molar refractivity (Wildman–Crippen MR) is 101 cm³/mol. The largest absolute Gasteiger partial charge is 0.465 e. The van der Waals surface area contributed by atoms with Crippen molar-refractivity contribution in [3.8, 4) is 6.07 Å². The molecule has 0 saturated carbocycles. The zero-order valence-corrected chi connectivity index (χ0v) is 15.0. The van der Waals surface area contributed by atoms with Crippen LogP contribution >= 0.6 is 0 Å². The number of amides is 1. The van der Waals surface area contributed by atoms with Gasteiger partial charge in [0.2, 0.25) is 0 Å². The fourth-order valence-corrected chi connectivity index (χ4v) is 2.13. The second kappa shape index (κ2) is 10.5. The molecule has 1 heterocycles. The van der Waals surface area contributed by atoms with Gasteiger partial charge in [-0.2, -0.15) is 5.26 Å². The zero-order chi connectivity index (χ0) is 19.5. The van der Waals surface area contributed by atoms with Gasteiger partial charge >= 0.3 is 0 Å². The second-order valence-corrected chi connectivity index (χ2v) is 5.55. The van der Waals surface area contributed by atoms with Crippen LogP contribution in [0.15, 0.2) is 47.6 Å². The maximum Gasteiger partial charge on any atom is 0.282 e. The third-order valence-corrected chi connectivity index (χ3v) is 3.47. The number of nitrogens with two attached hydrogens (primary N) is 1. The first kappa shape index (κ1) is 19.9. The van der Waals surface area contributed by atoms with E-state index in [1.54, 1.807) is 25.3 Å². The minimum atomic E-state index is -0.360. The van der Waals surface area contributed by atoms with Crippen LogP contribution in [0.2, 0.25) is 0 Å². The molecule has 0 aliphatic rings. The first-order chi connectivity index (χ1) is 13.1. The van der Waals surface area contributed by atoms with Crippen LogP contribution in [0.5, 0.6) is 0 Å². The Morgan fingerprint density at radius 1 is 1.33 bits per heavy atom. The first-order valence-electron chi connectivity index (χ1n) is 8.30. The van der Waals surface area contributed by atoms with Crippen LogP contribution in [-0.2, 0) is 16.0 Å². The van der Waals surface area contributed by atoms with Gasteiger partial charge in [0.25, 0.3) is 11.9 Å². The molecule has 8 nitrogen and oxygen atoms in total. The molecule has 0 unspecified atom stereocenters. The number of aromatic nitrogens is 1. The average Bonchev–Trinajstić information content (AvgIpc) is 2.70. The summed E-state index contributed by atoms with van der Waals surface area (Å²) in [4.78, 5) is 20.4. The fraction of sp³-hybridized carbons (Fsp3) is 0.263. The van der Waals surface area contributed by atoms with E-state index in [0.717, 1.165) is 12.0 Å². The monoisotopic (exact) mass is 367 g/mol. The lowest BCUT2D eigenvalue weighted by Gasteiger charge is -2.07. The number of benzene rings is 1. The number of nitrogens with zero attached hydrogens (tertiary/aromatic N) is 3. The molecule has 140 valence electrons. The summed E-state index contributed by atoms with van der Waals surface area (Å²) in [6.07, 6.45) is 2.09. The van der Waals surface area contributed by atoms with Crippen LogP contribution in [0.1, 0.15) is 28.0 Å². The molecule has 0 fully saturated rings. The first-order valence-corrected chi connectivity index (χ1v) is 8.30. The summed E-state index contributed by atoms with van der Waals surface area (Å²) in [6, 6.07) is 12.4. The van der Waals surface area contributed by atoms with Crippen molar-refractivity contribution in [3.63, 3.8) is 0 Å². The highest BCUT2D eigenvalue weighted by atomic mass is 16.5. The lowest BCUT2D eigenvalue weighted by atomic mass is 10.2. The lowest BCUT2D eigenvalue weighted by molar-refractivity contribution is 0.102. The number of anilines is 1. The maximum absolute atomic E-state index is 12.2. The van der Waals surface area contributed by atoms with Gasteiger partial charge in [0.15, 0.2) is 0 Å². The molecule has 1 aromatic heterocycles. The minimum absolute atomic E-state index is 0.113. The van der Waals surface area contributed by atoms with E-state index in [9.17, 15) is 4.79 Å². The normalized spacial score (nSPS) is 10.9. The van der Waals surface area contributed by atoms with E-state index in [0.29, 0.717) is 31.0 Å². The number of carbonyl (C=O) groups is 1. The van der Waals surface area contributed by atoms with Gasteiger partial charge < -0.3 is 20.5 Å². The number of carbonyl (C=O) groups excluding carboxylic acids is 1. The van der Waals surface area contributed by atoms with Gasteiger partial charge in [-0.1, -0.05) is 12.1 Å². The van der Waals surface area contributed by atoms with Gasteiger partial charge in [-0.3, -0.25) is 4.79 Å². The molecule has 0 atom stereocenters. The van der Waals surface area contributed by atoms with E-state index in [-0.39, 0.29) is 17.6 Å². The molecule has 0 bridgehead atoms. The van der Waals surface area contributed by atoms with Crippen molar-refractivity contribution in [2.24, 2.45) is 10.7 Å². The van der Waals surface area contributed by atoms with Crippen molar-refractivity contribution in [1.29, 1.82) is 5.26 Å². The molecule has 2 rings (SSSR count). The summed E-state index contributed by atoms with van der Waals surface area (Å²) in [5, 5.41) is 11.5. The van der Waals surface area contributed by atoms with Gasteiger partial charge in [0, 0.05) is 32.0 Å². The third-order valence-electron chi connectivity index (χ3n) is 3.47. The van der Waals surface area contributed by atoms with Crippen LogP contribution in [0.3, 0.4) is 0 Å². The molecular formula is C19H21N5O3. The number of hydrogen-bond acceptors (Lipinski definition) is 6. The molecule has 0 radical (unpaired) electrons. The number of rotatable bonds is 8. The average molecular weight is 367 g/mol. The number of amidine groups is 1. The Labute approximate surface area is 157 Å². The smallest absolute Gasteiger partial charge is 0.282 e. The Balaban J connectivity index is 1.92. The van der Waals surface area contributed by atoms with Gasteiger partial charge in [0.05, 0.1) is 18.7 Å². The highest BCUT2D eigenvalue weighted by Gasteiger charge is 2.08. The van der Waals surface area contributed by atoms with Crippen molar-refractivity contribution in [2.45, 2.75) is 13.0 Å². The number of ether oxygens (including phenoxy) is 2. The fourth-order valence-electron chi connectivity index (χ4n) is 2.13. The van der Waals surface area contributed by atoms with E-state index in [4.69, 9.17) is 20.5 Å². The summed E-state index contributed by atoms with van der Waals surface area (Å²) >= 11 is 0. The Hall–Kier alpha value is -3.44. The predicted octanol–water partition coefficient (Wildman–Crippen LogP) is 2.07. The van der Waals surface area contributed by atoms with Crippen LogP contribution < -0.4 is 11.1 Å². The van der Waals surface area contributed by atoms with Gasteiger partial charge in [0.1, 0.15) is 11.8 Å². The molecule has 0 saturated heterocycles. The quantitative estimate of drug-likeness (QED) is 0.418. The minimum Gasteiger partial charge on any atom is -0.465 e. The van der Waals surface area contributed by atoms with Crippen LogP contribution in [0.25, 0.3) is 0 Å². The Morgan fingerprint density at radius 2 is 2.19 bits per heavy atom. The van der Waals surface area contributed by atoms with Crippen LogP contribution in [0.4, 0.5) is 5.69 Å². The van der Waals surface area contributed by atoms with Crippen LogP contribution in [-0.4, -0.2) is 37.2 Å². The number of aliphatic imine (C=N–C) groups is 1. The molecule has 0 spiro atoms.